The van der Waals surface area contributed by atoms with Gasteiger partial charge in [0.25, 0.3) is 5.91 Å². The Morgan fingerprint density at radius 3 is 2.50 bits per heavy atom. The molecule has 3 aromatic rings. The smallest absolute Gasteiger partial charge is 0.320 e. The summed E-state index contributed by atoms with van der Waals surface area (Å²) in [6.07, 6.45) is 11.5. The third kappa shape index (κ3) is 3.77. The normalized spacial score (nSPS) is 27.1. The molecular formula is C24H25ClN6O3. The number of nitrogens with zero attached hydrogens (tertiary/aromatic N) is 5. The highest BCUT2D eigenvalue weighted by Gasteiger charge is 2.53. The molecule has 10 heteroatoms. The predicted molar refractivity (Wildman–Crippen MR) is 126 cm³/mol. The van der Waals surface area contributed by atoms with Gasteiger partial charge in [-0.05, 0) is 74.0 Å². The summed E-state index contributed by atoms with van der Waals surface area (Å²) in [6, 6.07) is 7.29. The predicted octanol–water partition coefficient (Wildman–Crippen LogP) is 4.87. The second-order valence-corrected chi connectivity index (χ2v) is 10.7. The van der Waals surface area contributed by atoms with Crippen LogP contribution in [0.15, 0.2) is 42.9 Å². The number of carbonyl (C=O) groups excluding carboxylic acids is 1. The number of carbonyl (C=O) groups is 1. The first kappa shape index (κ1) is 21.3. The van der Waals surface area contributed by atoms with E-state index in [1.807, 2.05) is 18.2 Å². The zero-order valence-corrected chi connectivity index (χ0v) is 19.3. The number of rotatable bonds is 6. The summed E-state index contributed by atoms with van der Waals surface area (Å²) in [5.41, 5.74) is 0.884. The highest BCUT2D eigenvalue weighted by molar-refractivity contribution is 6.30. The van der Waals surface area contributed by atoms with E-state index in [4.69, 9.17) is 11.6 Å². The van der Waals surface area contributed by atoms with Crippen molar-refractivity contribution in [1.29, 1.82) is 0 Å². The maximum Gasteiger partial charge on any atom is 0.320 e. The third-order valence-corrected chi connectivity index (χ3v) is 7.92. The molecule has 1 N–H and O–H groups in total. The van der Waals surface area contributed by atoms with E-state index in [2.05, 4.69) is 15.5 Å². The molecule has 2 aromatic heterocycles. The summed E-state index contributed by atoms with van der Waals surface area (Å²) in [6.45, 7) is 0.483. The second kappa shape index (κ2) is 7.94. The average Bonchev–Trinajstić information content (AvgIpc) is 3.40. The van der Waals surface area contributed by atoms with Crippen LogP contribution in [0.3, 0.4) is 0 Å². The van der Waals surface area contributed by atoms with Crippen LogP contribution in [0.2, 0.25) is 5.02 Å². The van der Waals surface area contributed by atoms with Gasteiger partial charge < -0.3 is 5.32 Å². The number of hydrogen-bond donors (Lipinski definition) is 1. The molecule has 1 amide bonds. The number of anilines is 1. The molecule has 0 aliphatic heterocycles. The van der Waals surface area contributed by atoms with Crippen LogP contribution >= 0.6 is 11.6 Å². The first-order valence-electron chi connectivity index (χ1n) is 11.7. The van der Waals surface area contributed by atoms with Gasteiger partial charge in [0, 0.05) is 11.9 Å². The fourth-order valence-electron chi connectivity index (χ4n) is 6.80. The topological polar surface area (TPSA) is 108 Å². The van der Waals surface area contributed by atoms with Crippen molar-refractivity contribution >= 4 is 28.9 Å². The lowest BCUT2D eigenvalue weighted by Crippen LogP contribution is -2.52. The van der Waals surface area contributed by atoms with Crippen molar-refractivity contribution < 1.29 is 9.72 Å². The Hall–Kier alpha value is -3.20. The van der Waals surface area contributed by atoms with Crippen molar-refractivity contribution in [2.24, 2.45) is 17.8 Å². The lowest BCUT2D eigenvalue weighted by molar-refractivity contribution is -0.385. The number of amides is 1. The molecule has 4 aliphatic rings. The van der Waals surface area contributed by atoms with Crippen LogP contribution in [0.5, 0.6) is 0 Å². The quantitative estimate of drug-likeness (QED) is 0.400. The Balaban J connectivity index is 1.25. The molecule has 4 saturated carbocycles. The summed E-state index contributed by atoms with van der Waals surface area (Å²) < 4.78 is 3.46. The minimum atomic E-state index is -0.575. The van der Waals surface area contributed by atoms with E-state index in [0.29, 0.717) is 35.0 Å². The van der Waals surface area contributed by atoms with Crippen LogP contribution in [0.25, 0.3) is 0 Å². The van der Waals surface area contributed by atoms with E-state index in [1.54, 1.807) is 27.8 Å². The Labute approximate surface area is 201 Å². The van der Waals surface area contributed by atoms with Crippen molar-refractivity contribution in [2.45, 2.75) is 50.6 Å². The second-order valence-electron chi connectivity index (χ2n) is 10.2. The number of aromatic nitrogens is 4. The average molecular weight is 481 g/mol. The fraction of sp³-hybridized carbons (Fsp3) is 0.458. The molecule has 0 atom stereocenters. The molecule has 4 aliphatic carbocycles. The van der Waals surface area contributed by atoms with Crippen LogP contribution in [-0.2, 0) is 12.1 Å². The molecule has 4 bridgehead atoms. The molecule has 1 aromatic carbocycles. The van der Waals surface area contributed by atoms with Crippen molar-refractivity contribution in [3.05, 3.63) is 69.3 Å². The highest BCUT2D eigenvalue weighted by Crippen LogP contribution is 2.58. The van der Waals surface area contributed by atoms with Crippen LogP contribution in [0.1, 0.15) is 54.6 Å². The van der Waals surface area contributed by atoms with Gasteiger partial charge in [-0.3, -0.25) is 24.3 Å². The van der Waals surface area contributed by atoms with E-state index in [9.17, 15) is 14.9 Å². The van der Waals surface area contributed by atoms with Gasteiger partial charge in [0.1, 0.15) is 6.20 Å². The van der Waals surface area contributed by atoms with Crippen LogP contribution in [0.4, 0.5) is 11.4 Å². The van der Waals surface area contributed by atoms with Gasteiger partial charge in [-0.25, -0.2) is 0 Å². The first-order valence-corrected chi connectivity index (χ1v) is 12.1. The fourth-order valence-corrected chi connectivity index (χ4v) is 6.95. The van der Waals surface area contributed by atoms with Gasteiger partial charge in [0.2, 0.25) is 5.69 Å². The van der Waals surface area contributed by atoms with Gasteiger partial charge in [0.15, 0.2) is 0 Å². The largest absolute Gasteiger partial charge is 0.320 e. The standard InChI is InChI=1S/C24H25ClN6O3/c25-19-11-26-29(13-19)12-15-2-1-3-20(7-15)27-23(32)22-21(31(33)34)14-30(28-22)24-8-16-4-17(9-24)6-18(5-16)10-24/h1-3,7,11,13-14,16-18H,4-6,8-10,12H2,(H,27,32). The molecular weight excluding hydrogens is 456 g/mol. The summed E-state index contributed by atoms with van der Waals surface area (Å²) in [5, 5.41) is 23.9. The van der Waals surface area contributed by atoms with Crippen molar-refractivity contribution in [2.75, 3.05) is 5.32 Å². The first-order chi connectivity index (χ1) is 16.4. The molecule has 0 radical (unpaired) electrons. The summed E-state index contributed by atoms with van der Waals surface area (Å²) in [7, 11) is 0. The molecule has 176 valence electrons. The van der Waals surface area contributed by atoms with Crippen LogP contribution in [0, 0.1) is 27.9 Å². The molecule has 4 fully saturated rings. The van der Waals surface area contributed by atoms with Crippen molar-refractivity contribution in [3.8, 4) is 0 Å². The van der Waals surface area contributed by atoms with E-state index >= 15 is 0 Å². The Morgan fingerprint density at radius 1 is 1.18 bits per heavy atom. The zero-order chi connectivity index (χ0) is 23.4. The van der Waals surface area contributed by atoms with E-state index in [-0.39, 0.29) is 16.9 Å². The molecule has 0 spiro atoms. The third-order valence-electron chi connectivity index (χ3n) is 7.73. The SMILES string of the molecule is O=C(Nc1cccc(Cn2cc(Cl)cn2)c1)c1nn(C23CC4CC(CC(C4)C2)C3)cc1[N+](=O)[O-]. The monoisotopic (exact) mass is 480 g/mol. The molecule has 0 saturated heterocycles. The summed E-state index contributed by atoms with van der Waals surface area (Å²) >= 11 is 5.93. The van der Waals surface area contributed by atoms with Crippen molar-refractivity contribution in [1.82, 2.24) is 19.6 Å². The number of benzene rings is 1. The molecule has 0 unspecified atom stereocenters. The van der Waals surface area contributed by atoms with Gasteiger partial charge in [-0.15, -0.1) is 0 Å². The molecule has 2 heterocycles. The molecule has 34 heavy (non-hydrogen) atoms. The number of halogens is 1. The van der Waals surface area contributed by atoms with E-state index < -0.39 is 10.8 Å². The Kier molecular flexibility index (Phi) is 4.98. The minimum absolute atomic E-state index is 0.134. The lowest BCUT2D eigenvalue weighted by Gasteiger charge is -2.56. The summed E-state index contributed by atoms with van der Waals surface area (Å²) in [5.74, 6) is 1.42. The number of nitro groups is 1. The van der Waals surface area contributed by atoms with E-state index in [1.165, 1.54) is 25.5 Å². The van der Waals surface area contributed by atoms with Gasteiger partial charge in [-0.1, -0.05) is 23.7 Å². The minimum Gasteiger partial charge on any atom is -0.320 e. The Morgan fingerprint density at radius 2 is 1.88 bits per heavy atom. The molecule has 7 rings (SSSR count). The van der Waals surface area contributed by atoms with Gasteiger partial charge in [0.05, 0.1) is 28.2 Å². The maximum atomic E-state index is 13.1. The van der Waals surface area contributed by atoms with Crippen LogP contribution < -0.4 is 5.32 Å². The van der Waals surface area contributed by atoms with Crippen LogP contribution in [-0.4, -0.2) is 30.4 Å². The maximum absolute atomic E-state index is 13.1. The van der Waals surface area contributed by atoms with Crippen molar-refractivity contribution in [3.63, 3.8) is 0 Å². The zero-order valence-electron chi connectivity index (χ0n) is 18.6. The lowest BCUT2D eigenvalue weighted by atomic mass is 9.53. The molecule has 9 nitrogen and oxygen atoms in total. The summed E-state index contributed by atoms with van der Waals surface area (Å²) in [4.78, 5) is 24.5. The number of hydrogen-bond acceptors (Lipinski definition) is 5. The van der Waals surface area contributed by atoms with Gasteiger partial charge in [-0.2, -0.15) is 10.2 Å². The Bertz CT molecular complexity index is 1250. The van der Waals surface area contributed by atoms with Gasteiger partial charge >= 0.3 is 5.69 Å². The number of nitrogens with one attached hydrogen (secondary N) is 1. The highest BCUT2D eigenvalue weighted by atomic mass is 35.5. The van der Waals surface area contributed by atoms with E-state index in [0.717, 1.165) is 24.8 Å².